The van der Waals surface area contributed by atoms with Gasteiger partial charge in [-0.2, -0.15) is 11.8 Å². The van der Waals surface area contributed by atoms with Crippen molar-refractivity contribution in [3.8, 4) is 11.1 Å². The van der Waals surface area contributed by atoms with Gasteiger partial charge in [-0.25, -0.2) is 13.6 Å². The van der Waals surface area contributed by atoms with E-state index in [1.165, 1.54) is 0 Å². The van der Waals surface area contributed by atoms with Crippen LogP contribution in [0.4, 0.5) is 8.78 Å². The number of carboxylic acids is 2. The molecule has 1 aliphatic heterocycles. The standard InChI is InChI=1S/C51H70F2N6O13S/c1-34-28-45(62)59(48(34)64)18-13-43(60)55-16-20-70-22-24-72-26-25-71-23-21-69-19-14-44(61)56-41(50(67)68)15-27-73-33-46(63)58(17-12-40(54)49(65)66)47(51(2,3)4)42-29-36(38-30-37(52)10-11-39(38)53)32-57(42)31-35-8-6-5-7-9-35/h5-11,29-30,32,34,40-41,47H,12-28,31,33,54H2,1-4H3,(H,55,60)(H,56,61)(H,65,66)(H,67,68)/t34?,40-,41?,47-/m0/s1. The summed E-state index contributed by atoms with van der Waals surface area (Å²) in [6, 6.07) is 11.1. The number of likely N-dealkylation sites (tertiary alicyclic amines) is 1. The highest BCUT2D eigenvalue weighted by molar-refractivity contribution is 7.99. The van der Waals surface area contributed by atoms with Crippen molar-refractivity contribution >= 4 is 53.2 Å². The number of halogens is 2. The molecule has 73 heavy (non-hydrogen) atoms. The number of nitrogens with two attached hydrogens (primary N) is 1. The molecule has 0 bridgehead atoms. The van der Waals surface area contributed by atoms with Gasteiger partial charge in [-0.15, -0.1) is 0 Å². The Bertz CT molecular complexity index is 2300. The van der Waals surface area contributed by atoms with Crippen molar-refractivity contribution in [3.05, 3.63) is 83.7 Å². The van der Waals surface area contributed by atoms with Crippen LogP contribution < -0.4 is 16.4 Å². The van der Waals surface area contributed by atoms with Crippen LogP contribution in [0.1, 0.15) is 77.1 Å². The number of carbonyl (C=O) groups is 7. The number of hydrogen-bond donors (Lipinski definition) is 5. The van der Waals surface area contributed by atoms with Crippen molar-refractivity contribution in [2.24, 2.45) is 17.1 Å². The number of imide groups is 1. The second-order valence-corrected chi connectivity index (χ2v) is 19.7. The van der Waals surface area contributed by atoms with Crippen LogP contribution in [0.15, 0.2) is 60.8 Å². The number of rotatable bonds is 34. The monoisotopic (exact) mass is 1040 g/mol. The molecule has 4 rings (SSSR count). The summed E-state index contributed by atoms with van der Waals surface area (Å²) in [5.74, 6) is -5.80. The van der Waals surface area contributed by atoms with Crippen LogP contribution >= 0.6 is 11.8 Å². The van der Waals surface area contributed by atoms with Crippen molar-refractivity contribution in [3.63, 3.8) is 0 Å². The van der Waals surface area contributed by atoms with E-state index < -0.39 is 53.0 Å². The first-order valence-electron chi connectivity index (χ1n) is 24.3. The first-order valence-corrected chi connectivity index (χ1v) is 25.4. The number of nitrogens with zero attached hydrogens (tertiary/aromatic N) is 3. The van der Waals surface area contributed by atoms with Crippen LogP contribution in [-0.4, -0.2) is 162 Å². The maximum Gasteiger partial charge on any atom is 0.326 e. The third-order valence-corrected chi connectivity index (χ3v) is 12.7. The Labute approximate surface area is 428 Å². The van der Waals surface area contributed by atoms with Crippen LogP contribution in [-0.2, 0) is 59.1 Å². The zero-order chi connectivity index (χ0) is 53.5. The largest absolute Gasteiger partial charge is 0.480 e. The van der Waals surface area contributed by atoms with Gasteiger partial charge in [-0.05, 0) is 53.8 Å². The van der Waals surface area contributed by atoms with E-state index in [4.69, 9.17) is 24.7 Å². The maximum atomic E-state index is 15.2. The topological polar surface area (TPSA) is 258 Å². The number of carboxylic acid groups (broad SMARTS) is 2. The highest BCUT2D eigenvalue weighted by Crippen LogP contribution is 2.41. The predicted molar refractivity (Wildman–Crippen MR) is 267 cm³/mol. The van der Waals surface area contributed by atoms with Gasteiger partial charge in [0, 0.05) is 74.4 Å². The number of carbonyl (C=O) groups excluding carboxylic acids is 5. The van der Waals surface area contributed by atoms with Crippen LogP contribution in [0.25, 0.3) is 11.1 Å². The summed E-state index contributed by atoms with van der Waals surface area (Å²) in [4.78, 5) is 89.4. The van der Waals surface area contributed by atoms with Crippen molar-refractivity contribution in [2.45, 2.75) is 84.5 Å². The van der Waals surface area contributed by atoms with Gasteiger partial charge in [0.25, 0.3) is 0 Å². The Morgan fingerprint density at radius 3 is 2.10 bits per heavy atom. The molecule has 3 aromatic rings. The molecule has 1 fully saturated rings. The lowest BCUT2D eigenvalue weighted by Gasteiger charge is -2.41. The Morgan fingerprint density at radius 1 is 0.849 bits per heavy atom. The quantitative estimate of drug-likeness (QED) is 0.0414. The summed E-state index contributed by atoms with van der Waals surface area (Å²) in [7, 11) is 0. The van der Waals surface area contributed by atoms with Crippen molar-refractivity contribution in [2.75, 3.05) is 84.0 Å². The molecule has 1 aliphatic rings. The summed E-state index contributed by atoms with van der Waals surface area (Å²) in [6.45, 7) is 9.85. The third kappa shape index (κ3) is 20.2. The van der Waals surface area contributed by atoms with E-state index in [0.29, 0.717) is 37.6 Å². The van der Waals surface area contributed by atoms with E-state index in [1.54, 1.807) is 24.1 Å². The lowest BCUT2D eigenvalue weighted by molar-refractivity contribution is -0.142. The van der Waals surface area contributed by atoms with Crippen molar-refractivity contribution in [1.29, 1.82) is 0 Å². The number of ether oxygens (including phenoxy) is 4. The maximum absolute atomic E-state index is 15.2. The highest BCUT2D eigenvalue weighted by atomic mass is 32.2. The van der Waals surface area contributed by atoms with Gasteiger partial charge < -0.3 is 55.0 Å². The summed E-state index contributed by atoms with van der Waals surface area (Å²) in [5, 5.41) is 24.7. The molecular weight excluding hydrogens is 975 g/mol. The molecule has 1 saturated heterocycles. The van der Waals surface area contributed by atoms with Crippen LogP contribution in [0, 0.1) is 23.0 Å². The Hall–Kier alpha value is -5.78. The van der Waals surface area contributed by atoms with Crippen molar-refractivity contribution in [1.82, 2.24) is 25.0 Å². The molecular formula is C51H70F2N6O13S. The van der Waals surface area contributed by atoms with E-state index in [0.717, 1.165) is 40.4 Å². The van der Waals surface area contributed by atoms with E-state index in [1.807, 2.05) is 55.7 Å². The van der Waals surface area contributed by atoms with Crippen LogP contribution in [0.5, 0.6) is 0 Å². The summed E-state index contributed by atoms with van der Waals surface area (Å²) >= 11 is 1.15. The van der Waals surface area contributed by atoms with E-state index in [-0.39, 0.29) is 131 Å². The fraction of sp³-hybridized carbons (Fsp3) is 0.549. The van der Waals surface area contributed by atoms with Crippen LogP contribution in [0.2, 0.25) is 0 Å². The van der Waals surface area contributed by atoms with Crippen molar-refractivity contribution < 1.29 is 71.5 Å². The molecule has 0 saturated carbocycles. The fourth-order valence-electron chi connectivity index (χ4n) is 7.95. The zero-order valence-electron chi connectivity index (χ0n) is 42.0. The number of nitrogens with one attached hydrogen (secondary N) is 2. The average Bonchev–Trinajstić information content (AvgIpc) is 3.85. The lowest BCUT2D eigenvalue weighted by atomic mass is 9.82. The van der Waals surface area contributed by atoms with Gasteiger partial charge in [-0.1, -0.05) is 58.0 Å². The molecule has 22 heteroatoms. The smallest absolute Gasteiger partial charge is 0.326 e. The molecule has 19 nitrogen and oxygen atoms in total. The normalized spacial score (nSPS) is 15.0. The van der Waals surface area contributed by atoms with E-state index >= 15 is 4.39 Å². The van der Waals surface area contributed by atoms with Gasteiger partial charge >= 0.3 is 11.9 Å². The molecule has 6 N–H and O–H groups in total. The van der Waals surface area contributed by atoms with Crippen LogP contribution in [0.3, 0.4) is 0 Å². The summed E-state index contributed by atoms with van der Waals surface area (Å²) in [5.41, 5.74) is 7.14. The first-order chi connectivity index (χ1) is 34.8. The lowest BCUT2D eigenvalue weighted by Crippen LogP contribution is -2.45. The highest BCUT2D eigenvalue weighted by Gasteiger charge is 2.38. The zero-order valence-corrected chi connectivity index (χ0v) is 42.8. The van der Waals surface area contributed by atoms with Gasteiger partial charge in [-0.3, -0.25) is 33.7 Å². The first kappa shape index (κ1) is 59.8. The van der Waals surface area contributed by atoms with E-state index in [2.05, 4.69) is 10.6 Å². The molecule has 4 atom stereocenters. The molecule has 2 unspecified atom stereocenters. The van der Waals surface area contributed by atoms with Gasteiger partial charge in [0.15, 0.2) is 0 Å². The summed E-state index contributed by atoms with van der Waals surface area (Å²) < 4.78 is 53.3. The number of amides is 5. The second-order valence-electron chi connectivity index (χ2n) is 18.6. The number of hydrogen-bond acceptors (Lipinski definition) is 13. The Balaban J connectivity index is 1.18. The minimum atomic E-state index is -1.28. The molecule has 0 spiro atoms. The Kier molecular flexibility index (Phi) is 24.9. The second kappa shape index (κ2) is 30.4. The minimum absolute atomic E-state index is 0.0105. The minimum Gasteiger partial charge on any atom is -0.480 e. The molecule has 2 aromatic carbocycles. The summed E-state index contributed by atoms with van der Waals surface area (Å²) in [6.07, 6.45) is 1.69. The molecule has 1 aromatic heterocycles. The third-order valence-electron chi connectivity index (χ3n) is 11.7. The van der Waals surface area contributed by atoms with E-state index in [9.17, 15) is 48.2 Å². The molecule has 0 aliphatic carbocycles. The number of thioether (sulfide) groups is 1. The molecule has 5 amide bonds. The van der Waals surface area contributed by atoms with Gasteiger partial charge in [0.2, 0.25) is 29.5 Å². The fourth-order valence-corrected chi connectivity index (χ4v) is 8.84. The number of aliphatic carboxylic acids is 2. The molecule has 0 radical (unpaired) electrons. The van der Waals surface area contributed by atoms with Gasteiger partial charge in [0.1, 0.15) is 23.7 Å². The molecule has 2 heterocycles. The number of aromatic nitrogens is 1. The predicted octanol–water partition coefficient (Wildman–Crippen LogP) is 4.25. The average molecular weight is 1050 g/mol. The number of benzene rings is 2. The molecule has 402 valence electrons. The SMILES string of the molecule is CC1CC(=O)N(CCC(=O)NCCOCCOCCOCCOCCC(=O)NC(CCSCC(=O)N(CC[C@H](N)C(=O)O)[C@@H](c2cc(-c3cc(F)ccc3F)cn2Cc2ccccc2)C(C)(C)C)C(=O)O)C1=O. The Morgan fingerprint density at radius 2 is 1.49 bits per heavy atom. The van der Waals surface area contributed by atoms with Gasteiger partial charge in [0.05, 0.1) is 64.6 Å².